The molecule has 0 aromatic carbocycles. The second-order valence-corrected chi connectivity index (χ2v) is 5.50. The summed E-state index contributed by atoms with van der Waals surface area (Å²) < 4.78 is 5.77. The lowest BCUT2D eigenvalue weighted by Crippen LogP contribution is -2.65. The smallest absolute Gasteiger partial charge is 0.0922 e. The molecule has 3 atom stereocenters. The van der Waals surface area contributed by atoms with Crippen LogP contribution in [0.1, 0.15) is 26.0 Å². The van der Waals surface area contributed by atoms with Gasteiger partial charge in [0, 0.05) is 42.4 Å². The number of fused-ring (bicyclic) bond motifs is 1. The molecule has 0 radical (unpaired) electrons. The summed E-state index contributed by atoms with van der Waals surface area (Å²) in [6.07, 6.45) is 5.27. The summed E-state index contributed by atoms with van der Waals surface area (Å²) in [6.45, 7) is 6.40. The van der Waals surface area contributed by atoms with Gasteiger partial charge in [0.15, 0.2) is 0 Å². The van der Waals surface area contributed by atoms with E-state index >= 15 is 0 Å². The van der Waals surface area contributed by atoms with E-state index in [1.54, 1.807) is 6.33 Å². The van der Waals surface area contributed by atoms with Crippen LogP contribution in [0.3, 0.4) is 0 Å². The van der Waals surface area contributed by atoms with Crippen LogP contribution in [0.2, 0.25) is 0 Å². The average molecular weight is 221 g/mol. The number of aromatic amines is 1. The fraction of sp³-hybridized carbons (Fsp3) is 0.750. The minimum Gasteiger partial charge on any atom is -0.377 e. The summed E-state index contributed by atoms with van der Waals surface area (Å²) in [5.74, 6) is 0.706. The van der Waals surface area contributed by atoms with Crippen LogP contribution < -0.4 is 5.32 Å². The van der Waals surface area contributed by atoms with Crippen LogP contribution in [-0.4, -0.2) is 28.7 Å². The van der Waals surface area contributed by atoms with Crippen LogP contribution in [0.15, 0.2) is 12.5 Å². The van der Waals surface area contributed by atoms with E-state index in [0.717, 1.165) is 18.8 Å². The van der Waals surface area contributed by atoms with E-state index in [1.165, 1.54) is 6.42 Å². The zero-order valence-electron chi connectivity index (χ0n) is 9.86. The monoisotopic (exact) mass is 221 g/mol. The quantitative estimate of drug-likeness (QED) is 0.809. The summed E-state index contributed by atoms with van der Waals surface area (Å²) in [5, 5.41) is 3.63. The number of imidazole rings is 1. The van der Waals surface area contributed by atoms with Crippen LogP contribution in [0, 0.1) is 11.3 Å². The molecule has 4 heteroatoms. The summed E-state index contributed by atoms with van der Waals surface area (Å²) in [7, 11) is 0. The number of aromatic nitrogens is 2. The first-order valence-corrected chi connectivity index (χ1v) is 6.02. The molecule has 2 N–H and O–H groups in total. The number of H-pyrrole nitrogens is 1. The minimum atomic E-state index is 0.265. The van der Waals surface area contributed by atoms with Crippen LogP contribution >= 0.6 is 0 Å². The number of ether oxygens (including phenoxy) is 1. The molecule has 0 bridgehead atoms. The van der Waals surface area contributed by atoms with Gasteiger partial charge in [-0.15, -0.1) is 0 Å². The van der Waals surface area contributed by atoms with Crippen molar-refractivity contribution < 1.29 is 4.74 Å². The van der Waals surface area contributed by atoms with Crippen molar-refractivity contribution in [1.82, 2.24) is 15.3 Å². The van der Waals surface area contributed by atoms with Crippen molar-refractivity contribution in [1.29, 1.82) is 0 Å². The largest absolute Gasteiger partial charge is 0.377 e. The third kappa shape index (κ3) is 1.40. The van der Waals surface area contributed by atoms with Crippen molar-refractivity contribution in [3.05, 3.63) is 18.2 Å². The Hall–Kier alpha value is -0.870. The van der Waals surface area contributed by atoms with Gasteiger partial charge in [-0.25, -0.2) is 4.98 Å². The predicted molar refractivity (Wildman–Crippen MR) is 60.8 cm³/mol. The van der Waals surface area contributed by atoms with Gasteiger partial charge in [0.2, 0.25) is 0 Å². The summed E-state index contributed by atoms with van der Waals surface area (Å²) >= 11 is 0. The molecule has 16 heavy (non-hydrogen) atoms. The number of rotatable bonds is 3. The lowest BCUT2D eigenvalue weighted by molar-refractivity contribution is -0.113. The summed E-state index contributed by atoms with van der Waals surface area (Å²) in [4.78, 5) is 7.15. The van der Waals surface area contributed by atoms with Crippen molar-refractivity contribution in [2.24, 2.45) is 11.3 Å². The summed E-state index contributed by atoms with van der Waals surface area (Å²) in [5.41, 5.74) is 1.42. The molecule has 1 saturated heterocycles. The first-order chi connectivity index (χ1) is 7.69. The first kappa shape index (κ1) is 10.3. The van der Waals surface area contributed by atoms with Gasteiger partial charge in [0.25, 0.3) is 0 Å². The lowest BCUT2D eigenvalue weighted by atomic mass is 9.57. The van der Waals surface area contributed by atoms with E-state index in [2.05, 4.69) is 29.1 Å². The van der Waals surface area contributed by atoms with Crippen molar-refractivity contribution in [2.45, 2.75) is 39.0 Å². The molecule has 2 fully saturated rings. The van der Waals surface area contributed by atoms with E-state index in [4.69, 9.17) is 4.74 Å². The molecule has 1 aromatic heterocycles. The highest BCUT2D eigenvalue weighted by molar-refractivity contribution is 5.11. The second kappa shape index (κ2) is 3.57. The number of nitrogens with zero attached hydrogens (tertiary/aromatic N) is 1. The molecular weight excluding hydrogens is 202 g/mol. The molecule has 1 aliphatic heterocycles. The maximum Gasteiger partial charge on any atom is 0.0922 e. The topological polar surface area (TPSA) is 49.9 Å². The fourth-order valence-electron chi connectivity index (χ4n) is 3.34. The highest BCUT2D eigenvalue weighted by Gasteiger charge is 2.58. The first-order valence-electron chi connectivity index (χ1n) is 6.02. The van der Waals surface area contributed by atoms with Crippen molar-refractivity contribution in [3.63, 3.8) is 0 Å². The summed E-state index contributed by atoms with van der Waals surface area (Å²) in [6, 6.07) is 0.572. The number of hydrogen-bond donors (Lipinski definition) is 2. The van der Waals surface area contributed by atoms with Crippen LogP contribution in [0.25, 0.3) is 0 Å². The van der Waals surface area contributed by atoms with Crippen LogP contribution in [-0.2, 0) is 11.3 Å². The van der Waals surface area contributed by atoms with Gasteiger partial charge in [0.05, 0.1) is 12.4 Å². The molecule has 4 nitrogen and oxygen atoms in total. The molecule has 2 heterocycles. The Bertz CT molecular complexity index is 360. The molecule has 1 saturated carbocycles. The fourth-order valence-corrected chi connectivity index (χ4v) is 3.34. The molecule has 3 rings (SSSR count). The second-order valence-electron chi connectivity index (χ2n) is 5.50. The van der Waals surface area contributed by atoms with Gasteiger partial charge in [-0.1, -0.05) is 13.8 Å². The molecule has 88 valence electrons. The van der Waals surface area contributed by atoms with Crippen LogP contribution in [0.5, 0.6) is 0 Å². The van der Waals surface area contributed by atoms with Crippen molar-refractivity contribution >= 4 is 0 Å². The van der Waals surface area contributed by atoms with E-state index in [9.17, 15) is 0 Å². The van der Waals surface area contributed by atoms with E-state index in [0.29, 0.717) is 18.1 Å². The van der Waals surface area contributed by atoms with Gasteiger partial charge < -0.3 is 15.0 Å². The molecule has 2 aliphatic rings. The predicted octanol–water partition coefficient (Wildman–Crippen LogP) is 1.31. The third-order valence-electron chi connectivity index (χ3n) is 4.17. The van der Waals surface area contributed by atoms with Crippen molar-refractivity contribution in [3.8, 4) is 0 Å². The Morgan fingerprint density at radius 1 is 1.62 bits per heavy atom. The maximum atomic E-state index is 5.77. The van der Waals surface area contributed by atoms with E-state index in [-0.39, 0.29) is 5.41 Å². The Kier molecular flexibility index (Phi) is 2.30. The molecule has 1 aromatic rings. The highest BCUT2D eigenvalue weighted by Crippen LogP contribution is 2.52. The van der Waals surface area contributed by atoms with Crippen LogP contribution in [0.4, 0.5) is 0 Å². The number of nitrogens with one attached hydrogen (secondary N) is 2. The third-order valence-corrected chi connectivity index (χ3v) is 4.17. The van der Waals surface area contributed by atoms with E-state index < -0.39 is 0 Å². The Balaban J connectivity index is 1.63. The standard InChI is InChI=1S/C12H19N3O/c1-12(2)10(9-3-4-16-11(9)12)14-6-8-5-13-7-15-8/h5,7,9-11,14H,3-4,6H2,1-2H3,(H,13,15). The Morgan fingerprint density at radius 3 is 3.25 bits per heavy atom. The van der Waals surface area contributed by atoms with Gasteiger partial charge in [-0.2, -0.15) is 0 Å². The van der Waals surface area contributed by atoms with E-state index in [1.807, 2.05) is 6.20 Å². The number of hydrogen-bond acceptors (Lipinski definition) is 3. The lowest BCUT2D eigenvalue weighted by Gasteiger charge is -2.54. The normalized spacial score (nSPS) is 35.8. The van der Waals surface area contributed by atoms with Gasteiger partial charge in [-0.3, -0.25) is 0 Å². The highest BCUT2D eigenvalue weighted by atomic mass is 16.5. The van der Waals surface area contributed by atoms with Gasteiger partial charge >= 0.3 is 0 Å². The van der Waals surface area contributed by atoms with Gasteiger partial charge in [0.1, 0.15) is 0 Å². The van der Waals surface area contributed by atoms with Crippen molar-refractivity contribution in [2.75, 3.05) is 6.61 Å². The minimum absolute atomic E-state index is 0.265. The molecule has 1 aliphatic carbocycles. The maximum absolute atomic E-state index is 5.77. The SMILES string of the molecule is CC1(C)C(NCc2cnc[nH]2)C2CCOC21. The molecular formula is C12H19N3O. The zero-order chi connectivity index (χ0) is 11.2. The Labute approximate surface area is 95.8 Å². The molecule has 0 amide bonds. The zero-order valence-corrected chi connectivity index (χ0v) is 9.86. The Morgan fingerprint density at radius 2 is 2.50 bits per heavy atom. The average Bonchev–Trinajstić information content (AvgIpc) is 2.86. The molecule has 0 spiro atoms. The van der Waals surface area contributed by atoms with Gasteiger partial charge in [-0.05, 0) is 6.42 Å². The molecule has 3 unspecified atom stereocenters.